The summed E-state index contributed by atoms with van der Waals surface area (Å²) in [5.74, 6) is 3.67. The lowest BCUT2D eigenvalue weighted by Gasteiger charge is -2.18. The van der Waals surface area contributed by atoms with Gasteiger partial charge >= 0.3 is 0 Å². The predicted octanol–water partition coefficient (Wildman–Crippen LogP) is 3.97. The lowest BCUT2D eigenvalue weighted by Crippen LogP contribution is -2.15. The number of terminal acetylenes is 1. The second kappa shape index (κ2) is 6.61. The van der Waals surface area contributed by atoms with Crippen LogP contribution in [0, 0.1) is 24.2 Å². The minimum Gasteiger partial charge on any atom is -0.508 e. The van der Waals surface area contributed by atoms with E-state index in [-0.39, 0.29) is 17.5 Å². The first-order valence-electron chi connectivity index (χ1n) is 7.45. The largest absolute Gasteiger partial charge is 0.508 e. The lowest BCUT2D eigenvalue weighted by molar-refractivity contribution is 0.0915. The zero-order valence-electron chi connectivity index (χ0n) is 12.1. The fourth-order valence-corrected chi connectivity index (χ4v) is 3.22. The van der Waals surface area contributed by atoms with Crippen molar-refractivity contribution in [2.45, 2.75) is 45.4 Å². The fourth-order valence-electron chi connectivity index (χ4n) is 3.22. The molecule has 0 fully saturated rings. The Morgan fingerprint density at radius 2 is 2.25 bits per heavy atom. The van der Waals surface area contributed by atoms with Crippen molar-refractivity contribution in [1.82, 2.24) is 0 Å². The maximum absolute atomic E-state index is 12.4. The number of hydrogen-bond donors (Lipinski definition) is 1. The van der Waals surface area contributed by atoms with Crippen LogP contribution in [0.4, 0.5) is 0 Å². The molecule has 0 spiro atoms. The van der Waals surface area contributed by atoms with Gasteiger partial charge in [0.15, 0.2) is 5.78 Å². The third kappa shape index (κ3) is 3.22. The van der Waals surface area contributed by atoms with E-state index in [2.05, 4.69) is 12.8 Å². The van der Waals surface area contributed by atoms with Crippen molar-refractivity contribution in [3.05, 3.63) is 29.3 Å². The van der Waals surface area contributed by atoms with E-state index >= 15 is 0 Å². The van der Waals surface area contributed by atoms with E-state index in [1.807, 2.05) is 6.07 Å². The average Bonchev–Trinajstić information content (AvgIpc) is 2.73. The van der Waals surface area contributed by atoms with Gasteiger partial charge in [0.25, 0.3) is 0 Å². The molecule has 2 heteroatoms. The third-order valence-corrected chi connectivity index (χ3v) is 4.21. The van der Waals surface area contributed by atoms with Crippen LogP contribution in [0.25, 0.3) is 0 Å². The molecule has 106 valence electrons. The van der Waals surface area contributed by atoms with E-state index in [0.717, 1.165) is 44.1 Å². The van der Waals surface area contributed by atoms with Crippen LogP contribution >= 0.6 is 0 Å². The number of Topliss-reactive ketones (excluding diaryl/α,β-unsaturated/α-hetero) is 1. The van der Waals surface area contributed by atoms with Gasteiger partial charge in [0.1, 0.15) is 5.75 Å². The van der Waals surface area contributed by atoms with Gasteiger partial charge in [0.2, 0.25) is 0 Å². The highest BCUT2D eigenvalue weighted by molar-refractivity contribution is 6.02. The minimum absolute atomic E-state index is 0.0705. The first-order valence-corrected chi connectivity index (χ1v) is 7.45. The number of ketones is 1. The van der Waals surface area contributed by atoms with E-state index in [1.54, 1.807) is 12.1 Å². The highest BCUT2D eigenvalue weighted by Gasteiger charge is 2.32. The van der Waals surface area contributed by atoms with Gasteiger partial charge in [-0.25, -0.2) is 0 Å². The highest BCUT2D eigenvalue weighted by atomic mass is 16.3. The summed E-state index contributed by atoms with van der Waals surface area (Å²) >= 11 is 0. The molecule has 0 saturated heterocycles. The average molecular weight is 270 g/mol. The first-order chi connectivity index (χ1) is 9.65. The highest BCUT2D eigenvalue weighted by Crippen LogP contribution is 2.34. The number of fused-ring (bicyclic) bond motifs is 1. The number of carbonyl (C=O) groups excluding carboxylic acids is 1. The van der Waals surface area contributed by atoms with E-state index < -0.39 is 0 Å². The van der Waals surface area contributed by atoms with Crippen LogP contribution in [0.3, 0.4) is 0 Å². The Morgan fingerprint density at radius 1 is 1.45 bits per heavy atom. The van der Waals surface area contributed by atoms with Crippen LogP contribution in [0.5, 0.6) is 5.75 Å². The maximum atomic E-state index is 12.4. The number of phenolic OH excluding ortho intramolecular Hbond substituents is 1. The Kier molecular flexibility index (Phi) is 4.84. The monoisotopic (exact) mass is 270 g/mol. The summed E-state index contributed by atoms with van der Waals surface area (Å²) < 4.78 is 0. The molecule has 1 aliphatic carbocycles. The molecule has 0 heterocycles. The maximum Gasteiger partial charge on any atom is 0.166 e. The van der Waals surface area contributed by atoms with E-state index in [9.17, 15) is 9.90 Å². The van der Waals surface area contributed by atoms with Crippen molar-refractivity contribution in [1.29, 1.82) is 0 Å². The predicted molar refractivity (Wildman–Crippen MR) is 80.7 cm³/mol. The molecule has 1 aromatic rings. The zero-order valence-corrected chi connectivity index (χ0v) is 12.1. The fraction of sp³-hybridized carbons (Fsp3) is 0.500. The Bertz CT molecular complexity index is 525. The summed E-state index contributed by atoms with van der Waals surface area (Å²) in [6, 6.07) is 5.14. The second-order valence-corrected chi connectivity index (χ2v) is 5.74. The summed E-state index contributed by atoms with van der Waals surface area (Å²) in [4.78, 5) is 12.4. The third-order valence-electron chi connectivity index (χ3n) is 4.21. The van der Waals surface area contributed by atoms with E-state index in [4.69, 9.17) is 6.42 Å². The van der Waals surface area contributed by atoms with Gasteiger partial charge in [0.05, 0.1) is 0 Å². The molecule has 0 aliphatic heterocycles. The van der Waals surface area contributed by atoms with Gasteiger partial charge in [0, 0.05) is 17.9 Å². The van der Waals surface area contributed by atoms with Crippen LogP contribution in [-0.4, -0.2) is 10.9 Å². The van der Waals surface area contributed by atoms with Gasteiger partial charge in [-0.3, -0.25) is 4.79 Å². The van der Waals surface area contributed by atoms with Crippen molar-refractivity contribution in [2.24, 2.45) is 11.8 Å². The topological polar surface area (TPSA) is 37.3 Å². The Labute approximate surface area is 121 Å². The molecule has 1 aliphatic rings. The number of aromatic hydroxyl groups is 1. The quantitative estimate of drug-likeness (QED) is 0.794. The molecule has 0 saturated carbocycles. The SMILES string of the molecule is C#CCCC(CCC)CC1Cc2ccc(O)cc2C1=O. The molecule has 1 N–H and O–H groups in total. The summed E-state index contributed by atoms with van der Waals surface area (Å²) in [6.07, 6.45) is 11.1. The molecule has 0 bridgehead atoms. The van der Waals surface area contributed by atoms with Crippen molar-refractivity contribution >= 4 is 5.78 Å². The number of hydrogen-bond acceptors (Lipinski definition) is 2. The molecule has 2 nitrogen and oxygen atoms in total. The summed E-state index contributed by atoms with van der Waals surface area (Å²) in [7, 11) is 0. The summed E-state index contributed by atoms with van der Waals surface area (Å²) in [6.45, 7) is 2.17. The molecule has 0 radical (unpaired) electrons. The Morgan fingerprint density at radius 3 is 2.95 bits per heavy atom. The molecule has 0 aromatic heterocycles. The molecule has 2 unspecified atom stereocenters. The van der Waals surface area contributed by atoms with Crippen LogP contribution in [-0.2, 0) is 6.42 Å². The van der Waals surface area contributed by atoms with Gasteiger partial charge in [-0.1, -0.05) is 25.8 Å². The van der Waals surface area contributed by atoms with Crippen LogP contribution in [0.15, 0.2) is 18.2 Å². The lowest BCUT2D eigenvalue weighted by atomic mass is 9.86. The standard InChI is InChI=1S/C18H22O2/c1-3-5-7-13(6-4-2)10-15-11-14-8-9-16(19)12-17(14)18(15)20/h1,8-9,12-13,15,19H,4-7,10-11H2,2H3. The Hall–Kier alpha value is -1.75. The van der Waals surface area contributed by atoms with Crippen molar-refractivity contribution in [3.8, 4) is 18.1 Å². The normalized spacial score (nSPS) is 18.6. The van der Waals surface area contributed by atoms with E-state index in [0.29, 0.717) is 11.5 Å². The van der Waals surface area contributed by atoms with Gasteiger partial charge in [-0.2, -0.15) is 0 Å². The van der Waals surface area contributed by atoms with Crippen LogP contribution in [0.1, 0.15) is 54.9 Å². The van der Waals surface area contributed by atoms with Gasteiger partial charge in [-0.05, 0) is 42.9 Å². The smallest absolute Gasteiger partial charge is 0.166 e. The number of benzene rings is 1. The molecule has 2 atom stereocenters. The van der Waals surface area contributed by atoms with Gasteiger partial charge in [-0.15, -0.1) is 12.3 Å². The first kappa shape index (κ1) is 14.7. The van der Waals surface area contributed by atoms with Crippen molar-refractivity contribution < 1.29 is 9.90 Å². The summed E-state index contributed by atoms with van der Waals surface area (Å²) in [5, 5.41) is 9.51. The van der Waals surface area contributed by atoms with Gasteiger partial charge < -0.3 is 5.11 Å². The van der Waals surface area contributed by atoms with Crippen molar-refractivity contribution in [3.63, 3.8) is 0 Å². The molecule has 2 rings (SSSR count). The van der Waals surface area contributed by atoms with Crippen molar-refractivity contribution in [2.75, 3.05) is 0 Å². The van der Waals surface area contributed by atoms with Crippen LogP contribution < -0.4 is 0 Å². The molecule has 1 aromatic carbocycles. The molecular weight excluding hydrogens is 248 g/mol. The number of phenols is 1. The minimum atomic E-state index is 0.0705. The molecule has 20 heavy (non-hydrogen) atoms. The number of carbonyl (C=O) groups is 1. The second-order valence-electron chi connectivity index (χ2n) is 5.74. The van der Waals surface area contributed by atoms with E-state index in [1.165, 1.54) is 0 Å². The Balaban J connectivity index is 2.04. The summed E-state index contributed by atoms with van der Waals surface area (Å²) in [5.41, 5.74) is 1.78. The molecule has 0 amide bonds. The zero-order chi connectivity index (χ0) is 14.5. The molecular formula is C18H22O2. The number of rotatable bonds is 6. The van der Waals surface area contributed by atoms with Crippen LogP contribution in [0.2, 0.25) is 0 Å².